The number of rotatable bonds is 5. The van der Waals surface area contributed by atoms with Crippen molar-refractivity contribution in [1.29, 1.82) is 0 Å². The Morgan fingerprint density at radius 2 is 2.33 bits per heavy atom. The van der Waals surface area contributed by atoms with Gasteiger partial charge in [0.25, 0.3) is 5.91 Å². The first-order chi connectivity index (χ1) is 7.20. The quantitative estimate of drug-likeness (QED) is 0.321. The fraction of sp³-hybridized carbons (Fsp3) is 0.500. The number of nitrogens with zero attached hydrogens (tertiary/aromatic N) is 1. The Morgan fingerprint density at radius 3 is 2.93 bits per heavy atom. The van der Waals surface area contributed by atoms with Gasteiger partial charge in [-0.15, -0.1) is 0 Å². The average molecular weight is 211 g/mol. The second kappa shape index (κ2) is 5.53. The van der Waals surface area contributed by atoms with Gasteiger partial charge >= 0.3 is 0 Å². The van der Waals surface area contributed by atoms with Gasteiger partial charge in [-0.3, -0.25) is 10.2 Å². The zero-order chi connectivity index (χ0) is 11.3. The second-order valence-corrected chi connectivity index (χ2v) is 3.33. The third-order valence-corrected chi connectivity index (χ3v) is 2.29. The third-order valence-electron chi connectivity index (χ3n) is 2.29. The van der Waals surface area contributed by atoms with Crippen LogP contribution in [0.1, 0.15) is 22.6 Å². The molecule has 0 spiro atoms. The molecule has 0 aliphatic heterocycles. The van der Waals surface area contributed by atoms with E-state index in [1.165, 1.54) is 0 Å². The molecular weight excluding hydrogens is 194 g/mol. The van der Waals surface area contributed by atoms with Crippen LogP contribution >= 0.6 is 0 Å². The van der Waals surface area contributed by atoms with Gasteiger partial charge in [-0.05, 0) is 25.5 Å². The molecule has 0 aliphatic carbocycles. The standard InChI is InChI=1S/C10H17N3O2/c1-8-4-5-9(10(14)12-11)13(8)6-3-7-15-2/h4-5H,3,6-7,11H2,1-2H3,(H,12,14). The van der Waals surface area contributed by atoms with Crippen molar-refractivity contribution in [3.05, 3.63) is 23.5 Å². The number of hydrogen-bond donors (Lipinski definition) is 2. The molecular formula is C10H17N3O2. The lowest BCUT2D eigenvalue weighted by Gasteiger charge is -2.10. The highest BCUT2D eigenvalue weighted by Crippen LogP contribution is 2.09. The number of hydrazine groups is 1. The predicted molar refractivity (Wildman–Crippen MR) is 57.3 cm³/mol. The van der Waals surface area contributed by atoms with E-state index in [2.05, 4.69) is 5.43 Å². The normalized spacial score (nSPS) is 10.3. The highest BCUT2D eigenvalue weighted by molar-refractivity contribution is 5.92. The topological polar surface area (TPSA) is 69.3 Å². The number of amides is 1. The van der Waals surface area contributed by atoms with E-state index in [0.717, 1.165) is 18.7 Å². The first-order valence-electron chi connectivity index (χ1n) is 4.86. The molecule has 5 nitrogen and oxygen atoms in total. The van der Waals surface area contributed by atoms with Gasteiger partial charge in [0.1, 0.15) is 5.69 Å². The van der Waals surface area contributed by atoms with E-state index >= 15 is 0 Å². The second-order valence-electron chi connectivity index (χ2n) is 3.33. The minimum atomic E-state index is -0.263. The number of hydrogen-bond acceptors (Lipinski definition) is 3. The Labute approximate surface area is 89.2 Å². The summed E-state index contributed by atoms with van der Waals surface area (Å²) in [5.41, 5.74) is 3.77. The van der Waals surface area contributed by atoms with Crippen molar-refractivity contribution in [2.24, 2.45) is 5.84 Å². The molecule has 84 valence electrons. The number of carbonyl (C=O) groups is 1. The lowest BCUT2D eigenvalue weighted by atomic mass is 10.4. The molecule has 1 aromatic heterocycles. The number of aromatic nitrogens is 1. The Hall–Kier alpha value is -1.33. The predicted octanol–water partition coefficient (Wildman–Crippen LogP) is 0.437. The first-order valence-corrected chi connectivity index (χ1v) is 4.86. The molecule has 1 heterocycles. The number of nitrogen functional groups attached to an aromatic ring is 1. The van der Waals surface area contributed by atoms with Crippen molar-refractivity contribution in [3.63, 3.8) is 0 Å². The molecule has 1 aromatic rings. The maximum atomic E-state index is 11.4. The van der Waals surface area contributed by atoms with Crippen LogP contribution < -0.4 is 11.3 Å². The summed E-state index contributed by atoms with van der Waals surface area (Å²) in [6.07, 6.45) is 0.872. The Kier molecular flexibility index (Phi) is 4.33. The number of nitrogens with one attached hydrogen (secondary N) is 1. The molecule has 0 saturated heterocycles. The van der Waals surface area contributed by atoms with Gasteiger partial charge in [-0.1, -0.05) is 0 Å². The Bertz CT molecular complexity index is 333. The van der Waals surface area contributed by atoms with Gasteiger partial charge in [0, 0.05) is 26.0 Å². The lowest BCUT2D eigenvalue weighted by Crippen LogP contribution is -2.32. The molecule has 0 radical (unpaired) electrons. The van der Waals surface area contributed by atoms with E-state index in [4.69, 9.17) is 10.6 Å². The molecule has 0 fully saturated rings. The fourth-order valence-corrected chi connectivity index (χ4v) is 1.51. The molecule has 0 atom stereocenters. The summed E-state index contributed by atoms with van der Waals surface area (Å²) in [5, 5.41) is 0. The van der Waals surface area contributed by atoms with E-state index in [-0.39, 0.29) is 5.91 Å². The summed E-state index contributed by atoms with van der Waals surface area (Å²) in [4.78, 5) is 11.4. The number of methoxy groups -OCH3 is 1. The Balaban J connectivity index is 2.75. The van der Waals surface area contributed by atoms with E-state index in [9.17, 15) is 4.79 Å². The van der Waals surface area contributed by atoms with Crippen molar-refractivity contribution >= 4 is 5.91 Å². The maximum Gasteiger partial charge on any atom is 0.281 e. The summed E-state index contributed by atoms with van der Waals surface area (Å²) >= 11 is 0. The summed E-state index contributed by atoms with van der Waals surface area (Å²) in [6.45, 7) is 3.40. The van der Waals surface area contributed by atoms with Crippen LogP contribution in [0.15, 0.2) is 12.1 Å². The summed E-state index contributed by atoms with van der Waals surface area (Å²) in [5.74, 6) is 4.84. The first kappa shape index (κ1) is 11.7. The van der Waals surface area contributed by atoms with Gasteiger partial charge in [-0.2, -0.15) is 0 Å². The van der Waals surface area contributed by atoms with Crippen LogP contribution in [0, 0.1) is 6.92 Å². The number of nitrogens with two attached hydrogens (primary N) is 1. The molecule has 0 unspecified atom stereocenters. The molecule has 0 aliphatic rings. The van der Waals surface area contributed by atoms with Gasteiger partial charge < -0.3 is 9.30 Å². The van der Waals surface area contributed by atoms with Crippen LogP contribution in [0.2, 0.25) is 0 Å². The van der Waals surface area contributed by atoms with E-state index in [1.54, 1.807) is 13.2 Å². The van der Waals surface area contributed by atoms with E-state index < -0.39 is 0 Å². The molecule has 5 heteroatoms. The molecule has 15 heavy (non-hydrogen) atoms. The van der Waals surface area contributed by atoms with Crippen LogP contribution in [-0.2, 0) is 11.3 Å². The summed E-state index contributed by atoms with van der Waals surface area (Å²) in [7, 11) is 1.66. The van der Waals surface area contributed by atoms with Gasteiger partial charge in [0.05, 0.1) is 0 Å². The van der Waals surface area contributed by atoms with Crippen molar-refractivity contribution in [2.45, 2.75) is 19.9 Å². The summed E-state index contributed by atoms with van der Waals surface area (Å²) in [6, 6.07) is 3.67. The number of carbonyl (C=O) groups excluding carboxylic acids is 1. The summed E-state index contributed by atoms with van der Waals surface area (Å²) < 4.78 is 6.90. The SMILES string of the molecule is COCCCn1c(C)ccc1C(=O)NN. The van der Waals surface area contributed by atoms with Crippen LogP contribution in [0.5, 0.6) is 0 Å². The van der Waals surface area contributed by atoms with Crippen LogP contribution in [0.3, 0.4) is 0 Å². The molecule has 0 saturated carbocycles. The molecule has 3 N–H and O–H groups in total. The average Bonchev–Trinajstić information content (AvgIpc) is 2.60. The smallest absolute Gasteiger partial charge is 0.281 e. The van der Waals surface area contributed by atoms with Gasteiger partial charge in [0.15, 0.2) is 0 Å². The highest BCUT2D eigenvalue weighted by atomic mass is 16.5. The van der Waals surface area contributed by atoms with Crippen LogP contribution in [-0.4, -0.2) is 24.2 Å². The fourth-order valence-electron chi connectivity index (χ4n) is 1.51. The van der Waals surface area contributed by atoms with Crippen molar-refractivity contribution in [1.82, 2.24) is 9.99 Å². The highest BCUT2D eigenvalue weighted by Gasteiger charge is 2.11. The van der Waals surface area contributed by atoms with Crippen LogP contribution in [0.4, 0.5) is 0 Å². The number of aryl methyl sites for hydroxylation is 1. The Morgan fingerprint density at radius 1 is 1.60 bits per heavy atom. The van der Waals surface area contributed by atoms with E-state index in [0.29, 0.717) is 12.3 Å². The van der Waals surface area contributed by atoms with Crippen LogP contribution in [0.25, 0.3) is 0 Å². The van der Waals surface area contributed by atoms with E-state index in [1.807, 2.05) is 17.6 Å². The van der Waals surface area contributed by atoms with Crippen molar-refractivity contribution < 1.29 is 9.53 Å². The molecule has 0 aromatic carbocycles. The van der Waals surface area contributed by atoms with Gasteiger partial charge in [0.2, 0.25) is 0 Å². The molecule has 1 amide bonds. The zero-order valence-electron chi connectivity index (χ0n) is 9.12. The molecule has 0 bridgehead atoms. The zero-order valence-corrected chi connectivity index (χ0v) is 9.12. The van der Waals surface area contributed by atoms with Crippen molar-refractivity contribution in [2.75, 3.05) is 13.7 Å². The third kappa shape index (κ3) is 2.81. The number of ether oxygens (including phenoxy) is 1. The monoisotopic (exact) mass is 211 g/mol. The minimum absolute atomic E-state index is 0.263. The lowest BCUT2D eigenvalue weighted by molar-refractivity contribution is 0.0943. The van der Waals surface area contributed by atoms with Gasteiger partial charge in [-0.25, -0.2) is 5.84 Å². The maximum absolute atomic E-state index is 11.4. The largest absolute Gasteiger partial charge is 0.385 e. The molecule has 1 rings (SSSR count). The van der Waals surface area contributed by atoms with Crippen molar-refractivity contribution in [3.8, 4) is 0 Å². The minimum Gasteiger partial charge on any atom is -0.385 e.